The number of nitrogens with one attached hydrogen (secondary N) is 1. The molecule has 1 aromatic carbocycles. The van der Waals surface area contributed by atoms with Crippen molar-refractivity contribution in [3.8, 4) is 0 Å². The second kappa shape index (κ2) is 5.88. The molecular weight excluding hydrogens is 258 g/mol. The molecular formula is C11H14BrNO2. The van der Waals surface area contributed by atoms with Crippen LogP contribution in [-0.4, -0.2) is 19.6 Å². The average Bonchev–Trinajstić information content (AvgIpc) is 2.20. The molecule has 1 rings (SSSR count). The molecule has 0 atom stereocenters. The maximum atomic E-state index is 11.4. The summed E-state index contributed by atoms with van der Waals surface area (Å²) in [6.07, 6.45) is 0.381. The highest BCUT2D eigenvalue weighted by Gasteiger charge is 2.02. The number of aryl methyl sites for hydroxylation is 1. The van der Waals surface area contributed by atoms with Crippen LogP contribution >= 0.6 is 15.9 Å². The maximum absolute atomic E-state index is 11.4. The van der Waals surface area contributed by atoms with Crippen LogP contribution in [0.4, 0.5) is 5.69 Å². The van der Waals surface area contributed by atoms with Gasteiger partial charge >= 0.3 is 0 Å². The molecule has 0 aliphatic heterocycles. The Morgan fingerprint density at radius 3 is 2.87 bits per heavy atom. The molecule has 3 nitrogen and oxygen atoms in total. The van der Waals surface area contributed by atoms with E-state index in [1.165, 1.54) is 0 Å². The summed E-state index contributed by atoms with van der Waals surface area (Å²) >= 11 is 3.40. The lowest BCUT2D eigenvalue weighted by Crippen LogP contribution is -2.13. The molecule has 82 valence electrons. The first-order valence-electron chi connectivity index (χ1n) is 4.68. The van der Waals surface area contributed by atoms with E-state index in [4.69, 9.17) is 4.74 Å². The van der Waals surface area contributed by atoms with Crippen LogP contribution in [0.25, 0.3) is 0 Å². The van der Waals surface area contributed by atoms with E-state index in [0.717, 1.165) is 15.7 Å². The van der Waals surface area contributed by atoms with Crippen molar-refractivity contribution in [3.63, 3.8) is 0 Å². The number of hydrogen-bond donors (Lipinski definition) is 1. The largest absolute Gasteiger partial charge is 0.384 e. The molecule has 0 radical (unpaired) electrons. The number of halogens is 1. The first-order chi connectivity index (χ1) is 7.13. The van der Waals surface area contributed by atoms with Crippen molar-refractivity contribution in [1.82, 2.24) is 0 Å². The summed E-state index contributed by atoms with van der Waals surface area (Å²) in [7, 11) is 1.58. The lowest BCUT2D eigenvalue weighted by atomic mass is 10.2. The fraction of sp³-hybridized carbons (Fsp3) is 0.364. The summed E-state index contributed by atoms with van der Waals surface area (Å²) in [4.78, 5) is 11.4. The zero-order valence-electron chi connectivity index (χ0n) is 8.84. The van der Waals surface area contributed by atoms with Crippen LogP contribution in [0.1, 0.15) is 12.0 Å². The Kier molecular flexibility index (Phi) is 4.78. The zero-order chi connectivity index (χ0) is 11.3. The first-order valence-corrected chi connectivity index (χ1v) is 5.47. The Hall–Kier alpha value is -0.870. The predicted octanol–water partition coefficient (Wildman–Crippen LogP) is 2.73. The minimum Gasteiger partial charge on any atom is -0.384 e. The number of amides is 1. The van der Waals surface area contributed by atoms with Crippen LogP contribution in [-0.2, 0) is 9.53 Å². The van der Waals surface area contributed by atoms with E-state index in [1.807, 2.05) is 25.1 Å². The van der Waals surface area contributed by atoms with Crippen molar-refractivity contribution in [2.75, 3.05) is 19.0 Å². The first kappa shape index (κ1) is 12.2. The highest BCUT2D eigenvalue weighted by atomic mass is 79.9. The number of hydrogen-bond acceptors (Lipinski definition) is 2. The fourth-order valence-electron chi connectivity index (χ4n) is 1.14. The van der Waals surface area contributed by atoms with Crippen LogP contribution < -0.4 is 5.32 Å². The van der Waals surface area contributed by atoms with Crippen molar-refractivity contribution in [2.24, 2.45) is 0 Å². The van der Waals surface area contributed by atoms with E-state index >= 15 is 0 Å². The molecule has 0 fully saturated rings. The number of benzene rings is 1. The number of ether oxygens (including phenoxy) is 1. The molecule has 0 aliphatic carbocycles. The van der Waals surface area contributed by atoms with E-state index in [-0.39, 0.29) is 5.91 Å². The molecule has 1 N–H and O–H groups in total. The van der Waals surface area contributed by atoms with Crippen molar-refractivity contribution in [2.45, 2.75) is 13.3 Å². The molecule has 15 heavy (non-hydrogen) atoms. The minimum atomic E-state index is -0.0291. The van der Waals surface area contributed by atoms with Crippen LogP contribution in [0.2, 0.25) is 0 Å². The van der Waals surface area contributed by atoms with Gasteiger partial charge in [-0.05, 0) is 30.7 Å². The number of carbonyl (C=O) groups is 1. The summed E-state index contributed by atoms with van der Waals surface area (Å²) < 4.78 is 5.86. The fourth-order valence-corrected chi connectivity index (χ4v) is 1.39. The van der Waals surface area contributed by atoms with Gasteiger partial charge in [-0.2, -0.15) is 0 Å². The topological polar surface area (TPSA) is 38.3 Å². The van der Waals surface area contributed by atoms with Gasteiger partial charge in [0.1, 0.15) is 0 Å². The predicted molar refractivity (Wildman–Crippen MR) is 64.0 cm³/mol. The smallest absolute Gasteiger partial charge is 0.226 e. The Morgan fingerprint density at radius 2 is 2.27 bits per heavy atom. The third kappa shape index (κ3) is 4.01. The Labute approximate surface area is 97.9 Å². The highest BCUT2D eigenvalue weighted by molar-refractivity contribution is 9.10. The minimum absolute atomic E-state index is 0.0291. The number of methoxy groups -OCH3 is 1. The molecule has 0 spiro atoms. The highest BCUT2D eigenvalue weighted by Crippen LogP contribution is 2.19. The van der Waals surface area contributed by atoms with Gasteiger partial charge in [-0.25, -0.2) is 0 Å². The number of anilines is 1. The van der Waals surface area contributed by atoms with Gasteiger partial charge in [0.05, 0.1) is 13.0 Å². The quantitative estimate of drug-likeness (QED) is 0.915. The standard InChI is InChI=1S/C11H14BrNO2/c1-8-7-9(3-4-10(8)12)13-11(14)5-6-15-2/h3-4,7H,5-6H2,1-2H3,(H,13,14). The van der Waals surface area contributed by atoms with Crippen LogP contribution in [0.3, 0.4) is 0 Å². The second-order valence-electron chi connectivity index (χ2n) is 3.25. The number of rotatable bonds is 4. The normalized spacial score (nSPS) is 10.1. The van der Waals surface area contributed by atoms with E-state index in [9.17, 15) is 4.79 Å². The summed E-state index contributed by atoms with van der Waals surface area (Å²) in [6.45, 7) is 2.43. The van der Waals surface area contributed by atoms with Crippen LogP contribution in [0.5, 0.6) is 0 Å². The third-order valence-corrected chi connectivity index (χ3v) is 2.86. The van der Waals surface area contributed by atoms with Crippen molar-refractivity contribution in [1.29, 1.82) is 0 Å². The van der Waals surface area contributed by atoms with Gasteiger partial charge in [-0.1, -0.05) is 15.9 Å². The molecule has 0 aliphatic rings. The molecule has 1 amide bonds. The molecule has 0 saturated heterocycles. The molecule has 0 unspecified atom stereocenters. The maximum Gasteiger partial charge on any atom is 0.226 e. The van der Waals surface area contributed by atoms with E-state index < -0.39 is 0 Å². The van der Waals surface area contributed by atoms with Gasteiger partial charge in [-0.15, -0.1) is 0 Å². The molecule has 0 heterocycles. The number of carbonyl (C=O) groups excluding carboxylic acids is 1. The average molecular weight is 272 g/mol. The van der Waals surface area contributed by atoms with Gasteiger partial charge in [0.25, 0.3) is 0 Å². The summed E-state index contributed by atoms with van der Waals surface area (Å²) in [5, 5.41) is 2.80. The summed E-state index contributed by atoms with van der Waals surface area (Å²) in [6, 6.07) is 5.71. The summed E-state index contributed by atoms with van der Waals surface area (Å²) in [5.74, 6) is -0.0291. The Morgan fingerprint density at radius 1 is 1.53 bits per heavy atom. The van der Waals surface area contributed by atoms with Gasteiger partial charge in [0.15, 0.2) is 0 Å². The van der Waals surface area contributed by atoms with Crippen LogP contribution in [0.15, 0.2) is 22.7 Å². The van der Waals surface area contributed by atoms with Gasteiger partial charge < -0.3 is 10.1 Å². The van der Waals surface area contributed by atoms with E-state index in [1.54, 1.807) is 7.11 Å². The molecule has 1 aromatic rings. The molecule has 4 heteroatoms. The van der Waals surface area contributed by atoms with E-state index in [0.29, 0.717) is 13.0 Å². The SMILES string of the molecule is COCCC(=O)Nc1ccc(Br)c(C)c1. The van der Waals surface area contributed by atoms with E-state index in [2.05, 4.69) is 21.2 Å². The summed E-state index contributed by atoms with van der Waals surface area (Å²) in [5.41, 5.74) is 1.91. The van der Waals surface area contributed by atoms with Crippen molar-refractivity contribution < 1.29 is 9.53 Å². The lowest BCUT2D eigenvalue weighted by molar-refractivity contribution is -0.117. The van der Waals surface area contributed by atoms with Gasteiger partial charge in [0.2, 0.25) is 5.91 Å². The monoisotopic (exact) mass is 271 g/mol. The molecule has 0 saturated carbocycles. The van der Waals surface area contributed by atoms with Gasteiger partial charge in [-0.3, -0.25) is 4.79 Å². The van der Waals surface area contributed by atoms with Crippen molar-refractivity contribution in [3.05, 3.63) is 28.2 Å². The molecule has 0 bridgehead atoms. The lowest BCUT2D eigenvalue weighted by Gasteiger charge is -2.06. The zero-order valence-corrected chi connectivity index (χ0v) is 10.4. The second-order valence-corrected chi connectivity index (χ2v) is 4.11. The molecule has 0 aromatic heterocycles. The van der Waals surface area contributed by atoms with Crippen LogP contribution in [0, 0.1) is 6.92 Å². The van der Waals surface area contributed by atoms with Gasteiger partial charge in [0, 0.05) is 17.3 Å². The van der Waals surface area contributed by atoms with Crippen molar-refractivity contribution >= 4 is 27.5 Å². The third-order valence-electron chi connectivity index (χ3n) is 1.97. The Balaban J connectivity index is 2.57. The Bertz CT molecular complexity index is 352.